The molecule has 1 aliphatic rings. The molecule has 5 rings (SSSR count). The van der Waals surface area contributed by atoms with Crippen LogP contribution in [-0.4, -0.2) is 30.0 Å². The van der Waals surface area contributed by atoms with Crippen molar-refractivity contribution in [2.24, 2.45) is 35.7 Å². The summed E-state index contributed by atoms with van der Waals surface area (Å²) in [6.07, 6.45) is 1.34. The molecule has 1 fully saturated rings. The number of ether oxygens (including phenoxy) is 1. The lowest BCUT2D eigenvalue weighted by Gasteiger charge is -2.17. The number of carbonyl (C=O) groups excluding carboxylic acids is 3. The number of hydrogen-bond donors (Lipinski definition) is 1. The van der Waals surface area contributed by atoms with E-state index >= 15 is 0 Å². The van der Waals surface area contributed by atoms with Crippen LogP contribution in [0.3, 0.4) is 0 Å². The summed E-state index contributed by atoms with van der Waals surface area (Å²) in [5.41, 5.74) is 3.75. The van der Waals surface area contributed by atoms with Crippen LogP contribution in [-0.2, 0) is 14.4 Å². The van der Waals surface area contributed by atoms with Gasteiger partial charge in [-0.25, -0.2) is 0 Å². The van der Waals surface area contributed by atoms with Crippen LogP contribution in [0.25, 0.3) is 10.8 Å². The number of carbonyl (C=O) groups is 3. The predicted molar refractivity (Wildman–Crippen MR) is 156 cm³/mol. The SMILES string of the molecule is Cc1cc(N=Nc2ccc(N=NC3C(=O)CC(=NC#N)NC3=O)c3ccccc23)ccc1N=Nc1ccc(OC=O)cc1. The molecule has 1 N–H and O–H groups in total. The van der Waals surface area contributed by atoms with Gasteiger partial charge in [0.05, 0.1) is 34.9 Å². The van der Waals surface area contributed by atoms with Crippen LogP contribution in [0.2, 0.25) is 0 Å². The Labute approximate surface area is 244 Å². The third kappa shape index (κ3) is 6.72. The topological polar surface area (TPSA) is 183 Å². The Bertz CT molecular complexity index is 1870. The number of aryl methyl sites for hydroxylation is 1. The molecule has 0 aliphatic carbocycles. The minimum absolute atomic E-state index is 0.00677. The fourth-order valence-corrected chi connectivity index (χ4v) is 4.15. The van der Waals surface area contributed by atoms with Crippen LogP contribution in [0, 0.1) is 18.4 Å². The molecule has 0 aromatic heterocycles. The number of rotatable bonds is 8. The third-order valence-corrected chi connectivity index (χ3v) is 6.25. The Hall–Kier alpha value is -6.29. The van der Waals surface area contributed by atoms with Gasteiger partial charge in [0.15, 0.2) is 5.78 Å². The summed E-state index contributed by atoms with van der Waals surface area (Å²) in [7, 11) is 0. The Morgan fingerprint density at radius 3 is 2.12 bits per heavy atom. The molecule has 1 heterocycles. The molecule has 43 heavy (non-hydrogen) atoms. The summed E-state index contributed by atoms with van der Waals surface area (Å²) in [6.45, 7) is 2.25. The van der Waals surface area contributed by atoms with Crippen molar-refractivity contribution in [3.05, 3.63) is 84.4 Å². The van der Waals surface area contributed by atoms with Gasteiger partial charge in [-0.1, -0.05) is 24.3 Å². The lowest BCUT2D eigenvalue weighted by Crippen LogP contribution is -2.48. The van der Waals surface area contributed by atoms with Crippen molar-refractivity contribution in [3.63, 3.8) is 0 Å². The Kier molecular flexibility index (Phi) is 8.49. The van der Waals surface area contributed by atoms with Crippen molar-refractivity contribution < 1.29 is 19.1 Å². The zero-order valence-corrected chi connectivity index (χ0v) is 22.6. The van der Waals surface area contributed by atoms with Gasteiger partial charge in [0.25, 0.3) is 12.4 Å². The number of aliphatic imine (C=N–C) groups is 1. The van der Waals surface area contributed by atoms with E-state index in [1.165, 1.54) is 0 Å². The first kappa shape index (κ1) is 28.2. The summed E-state index contributed by atoms with van der Waals surface area (Å²) >= 11 is 0. The first-order chi connectivity index (χ1) is 20.9. The van der Waals surface area contributed by atoms with Crippen molar-refractivity contribution in [3.8, 4) is 11.9 Å². The normalized spacial score (nSPS) is 16.3. The van der Waals surface area contributed by atoms with Gasteiger partial charge in [-0.05, 0) is 67.1 Å². The Morgan fingerprint density at radius 2 is 1.47 bits per heavy atom. The quantitative estimate of drug-likeness (QED) is 0.104. The minimum atomic E-state index is -1.33. The molecule has 1 unspecified atom stereocenters. The van der Waals surface area contributed by atoms with Crippen LogP contribution in [0.15, 0.2) is 115 Å². The maximum absolute atomic E-state index is 12.4. The number of azo groups is 3. The van der Waals surface area contributed by atoms with E-state index in [-0.39, 0.29) is 12.3 Å². The van der Waals surface area contributed by atoms with E-state index in [4.69, 9.17) is 10.00 Å². The number of hydrogen-bond acceptors (Lipinski definition) is 12. The fourth-order valence-electron chi connectivity index (χ4n) is 4.15. The maximum atomic E-state index is 12.4. The van der Waals surface area contributed by atoms with E-state index < -0.39 is 17.7 Å². The van der Waals surface area contributed by atoms with Crippen molar-refractivity contribution in [1.82, 2.24) is 5.32 Å². The molecular formula is C30H21N9O4. The van der Waals surface area contributed by atoms with E-state index in [1.54, 1.807) is 54.7 Å². The van der Waals surface area contributed by atoms with E-state index in [1.807, 2.05) is 37.3 Å². The summed E-state index contributed by atoms with van der Waals surface area (Å²) < 4.78 is 4.77. The highest BCUT2D eigenvalue weighted by Crippen LogP contribution is 2.35. The second-order valence-electron chi connectivity index (χ2n) is 9.14. The lowest BCUT2D eigenvalue weighted by molar-refractivity contribution is -0.130. The number of nitrogens with zero attached hydrogens (tertiary/aromatic N) is 8. The van der Waals surface area contributed by atoms with Gasteiger partial charge in [-0.3, -0.25) is 14.4 Å². The number of nitriles is 1. The van der Waals surface area contributed by atoms with E-state index in [0.29, 0.717) is 46.0 Å². The maximum Gasteiger partial charge on any atom is 0.298 e. The second-order valence-corrected chi connectivity index (χ2v) is 9.14. The predicted octanol–water partition coefficient (Wildman–Crippen LogP) is 6.94. The number of nitrogens with one attached hydrogen (secondary N) is 1. The highest BCUT2D eigenvalue weighted by molar-refractivity contribution is 6.22. The van der Waals surface area contributed by atoms with Gasteiger partial charge in [0.2, 0.25) is 12.2 Å². The molecule has 0 spiro atoms. The van der Waals surface area contributed by atoms with Gasteiger partial charge in [0.1, 0.15) is 11.6 Å². The number of Topliss-reactive ketones (excluding diaryl/α,β-unsaturated/α-hetero) is 1. The van der Waals surface area contributed by atoms with E-state index in [0.717, 1.165) is 10.9 Å². The molecule has 1 aliphatic heterocycles. The van der Waals surface area contributed by atoms with E-state index in [2.05, 4.69) is 41.0 Å². The number of amidine groups is 1. The van der Waals surface area contributed by atoms with Crippen molar-refractivity contribution >= 4 is 63.2 Å². The average Bonchev–Trinajstić information content (AvgIpc) is 3.00. The number of ketones is 1. The van der Waals surface area contributed by atoms with Gasteiger partial charge < -0.3 is 10.1 Å². The standard InChI is InChI=1S/C30H21N9O4/c1-18-14-20(8-11-24(18)36-34-19-6-9-21(10-7-19)43-17-40)35-37-25-12-13-26(23-5-3-2-4-22(23)25)38-39-29-27(41)15-28(32-16-31)33-30(29)42/h2-14,17,29H,15H2,1H3,(H,32,33,42). The molecule has 1 atom stereocenters. The molecular weight excluding hydrogens is 550 g/mol. The van der Waals surface area contributed by atoms with Crippen LogP contribution < -0.4 is 10.1 Å². The van der Waals surface area contributed by atoms with Gasteiger partial charge in [-0.2, -0.15) is 35.8 Å². The molecule has 1 saturated heterocycles. The van der Waals surface area contributed by atoms with Crippen molar-refractivity contribution in [1.29, 1.82) is 5.26 Å². The number of benzene rings is 4. The lowest BCUT2D eigenvalue weighted by atomic mass is 10.1. The van der Waals surface area contributed by atoms with Crippen LogP contribution in [0.1, 0.15) is 12.0 Å². The summed E-state index contributed by atoms with van der Waals surface area (Å²) in [5, 5.41) is 38.0. The first-order valence-electron chi connectivity index (χ1n) is 12.8. The summed E-state index contributed by atoms with van der Waals surface area (Å²) in [6, 6.07) is 21.5. The molecule has 0 saturated carbocycles. The van der Waals surface area contributed by atoms with Crippen molar-refractivity contribution in [2.75, 3.05) is 0 Å². The molecule has 210 valence electrons. The average molecular weight is 572 g/mol. The molecule has 0 radical (unpaired) electrons. The number of piperidine rings is 1. The summed E-state index contributed by atoms with van der Waals surface area (Å²) in [4.78, 5) is 38.5. The van der Waals surface area contributed by atoms with Crippen LogP contribution in [0.5, 0.6) is 5.75 Å². The van der Waals surface area contributed by atoms with Gasteiger partial charge >= 0.3 is 0 Å². The largest absolute Gasteiger partial charge is 0.429 e. The number of fused-ring (bicyclic) bond motifs is 1. The zero-order valence-electron chi connectivity index (χ0n) is 22.6. The molecule has 4 aromatic rings. The monoisotopic (exact) mass is 571 g/mol. The highest BCUT2D eigenvalue weighted by Gasteiger charge is 2.33. The van der Waals surface area contributed by atoms with E-state index in [9.17, 15) is 14.4 Å². The van der Waals surface area contributed by atoms with Crippen molar-refractivity contribution in [2.45, 2.75) is 19.4 Å². The molecule has 0 bridgehead atoms. The smallest absolute Gasteiger partial charge is 0.298 e. The molecule has 13 nitrogen and oxygen atoms in total. The second kappa shape index (κ2) is 12.9. The highest BCUT2D eigenvalue weighted by atomic mass is 16.5. The van der Waals surface area contributed by atoms with Crippen LogP contribution >= 0.6 is 0 Å². The summed E-state index contributed by atoms with van der Waals surface area (Å²) in [5.74, 6) is -0.780. The first-order valence-corrected chi connectivity index (χ1v) is 12.8. The van der Waals surface area contributed by atoms with Crippen LogP contribution in [0.4, 0.5) is 28.4 Å². The molecule has 1 amide bonds. The Balaban J connectivity index is 1.33. The zero-order chi connectivity index (χ0) is 30.2. The number of amides is 1. The third-order valence-electron chi connectivity index (χ3n) is 6.25. The molecule has 4 aromatic carbocycles. The minimum Gasteiger partial charge on any atom is -0.429 e. The molecule has 13 heteroatoms. The fraction of sp³-hybridized carbons (Fsp3) is 0.100. The Morgan fingerprint density at radius 1 is 0.837 bits per heavy atom. The van der Waals surface area contributed by atoms with Gasteiger partial charge in [0, 0.05) is 10.8 Å². The van der Waals surface area contributed by atoms with Gasteiger partial charge in [-0.15, -0.1) is 5.11 Å².